The molecule has 4 nitrogen and oxygen atoms in total. The molecule has 0 saturated heterocycles. The lowest BCUT2D eigenvalue weighted by Crippen LogP contribution is -2.36. The van der Waals surface area contributed by atoms with E-state index >= 15 is 0 Å². The summed E-state index contributed by atoms with van der Waals surface area (Å²) in [5.41, 5.74) is -1.43. The average Bonchev–Trinajstić information content (AvgIpc) is 2.82. The fourth-order valence-corrected chi connectivity index (χ4v) is 3.99. The van der Waals surface area contributed by atoms with Crippen LogP contribution >= 0.6 is 11.6 Å². The van der Waals surface area contributed by atoms with Gasteiger partial charge in [-0.25, -0.2) is 4.98 Å². The topological polar surface area (TPSA) is 53.4 Å². The maximum absolute atomic E-state index is 13.7. The second kappa shape index (κ2) is 11.1. The Morgan fingerprint density at radius 3 is 2.08 bits per heavy atom. The predicted octanol–water partition coefficient (Wildman–Crippen LogP) is 7.02. The van der Waals surface area contributed by atoms with Crippen LogP contribution in [0.5, 0.6) is 0 Å². The minimum Gasteiger partial charge on any atom is -0.396 e. The molecule has 0 saturated carbocycles. The monoisotopic (exact) mass is 544 g/mol. The van der Waals surface area contributed by atoms with Crippen molar-refractivity contribution in [2.75, 3.05) is 13.2 Å². The number of amides is 1. The van der Waals surface area contributed by atoms with Crippen LogP contribution in [0.3, 0.4) is 0 Å². The van der Waals surface area contributed by atoms with Crippen molar-refractivity contribution in [2.45, 2.75) is 32.7 Å². The van der Waals surface area contributed by atoms with E-state index in [1.54, 1.807) is 25.1 Å². The standard InChI is InChI=1S/C26H23ClF6N2O2/c1-15-3-5-18(6-4-15)21-7-8-34-23(27)22(21)24(37)35(12-16(2)14-36)13-17-9-19(25(28,29)30)11-20(10-17)26(31,32)33/h3-11,16,36H,12-14H2,1-2H3. The number of carbonyl (C=O) groups excluding carboxylic acids is 1. The van der Waals surface area contributed by atoms with Crippen molar-refractivity contribution < 1.29 is 36.2 Å². The van der Waals surface area contributed by atoms with Crippen LogP contribution in [0.4, 0.5) is 26.3 Å². The molecule has 11 heteroatoms. The molecule has 1 atom stereocenters. The highest BCUT2D eigenvalue weighted by molar-refractivity contribution is 6.33. The summed E-state index contributed by atoms with van der Waals surface area (Å²) < 4.78 is 80.3. The molecular weight excluding hydrogens is 522 g/mol. The largest absolute Gasteiger partial charge is 0.416 e. The zero-order valence-corrected chi connectivity index (χ0v) is 20.5. The first-order valence-corrected chi connectivity index (χ1v) is 11.5. The number of aliphatic hydroxyl groups excluding tert-OH is 1. The minimum absolute atomic E-state index is 0.0273. The molecular formula is C26H23ClF6N2O2. The third kappa shape index (κ3) is 7.01. The summed E-state index contributed by atoms with van der Waals surface area (Å²) in [7, 11) is 0. The number of rotatable bonds is 7. The van der Waals surface area contributed by atoms with Gasteiger partial charge in [0.2, 0.25) is 0 Å². The van der Waals surface area contributed by atoms with Crippen molar-refractivity contribution in [3.8, 4) is 11.1 Å². The van der Waals surface area contributed by atoms with Gasteiger partial charge in [-0.15, -0.1) is 0 Å². The van der Waals surface area contributed by atoms with Crippen LogP contribution in [0.15, 0.2) is 54.7 Å². The number of hydrogen-bond donors (Lipinski definition) is 1. The van der Waals surface area contributed by atoms with Crippen molar-refractivity contribution in [1.82, 2.24) is 9.88 Å². The average molecular weight is 545 g/mol. The Morgan fingerprint density at radius 2 is 1.57 bits per heavy atom. The SMILES string of the molecule is Cc1ccc(-c2ccnc(Cl)c2C(=O)N(Cc2cc(C(F)(F)F)cc(C(F)(F)F)c2)CC(C)CO)cc1. The molecule has 1 aromatic heterocycles. The molecule has 0 aliphatic heterocycles. The normalized spacial score (nSPS) is 12.9. The van der Waals surface area contributed by atoms with E-state index in [1.165, 1.54) is 6.20 Å². The first-order valence-electron chi connectivity index (χ1n) is 11.1. The van der Waals surface area contributed by atoms with Gasteiger partial charge in [-0.3, -0.25) is 4.79 Å². The number of halogens is 7. The molecule has 198 valence electrons. The van der Waals surface area contributed by atoms with E-state index in [1.807, 2.05) is 19.1 Å². The van der Waals surface area contributed by atoms with Crippen LogP contribution in [-0.2, 0) is 18.9 Å². The fourth-order valence-electron chi connectivity index (χ4n) is 3.76. The van der Waals surface area contributed by atoms with Crippen LogP contribution in [0.25, 0.3) is 11.1 Å². The highest BCUT2D eigenvalue weighted by atomic mass is 35.5. The number of alkyl halides is 6. The highest BCUT2D eigenvalue weighted by Crippen LogP contribution is 2.37. The number of nitrogens with zero attached hydrogens (tertiary/aromatic N) is 2. The van der Waals surface area contributed by atoms with E-state index in [2.05, 4.69) is 4.98 Å². The summed E-state index contributed by atoms with van der Waals surface area (Å²) in [6.07, 6.45) is -8.68. The first kappa shape index (κ1) is 28.5. The van der Waals surface area contributed by atoms with Gasteiger partial charge in [0.15, 0.2) is 0 Å². The van der Waals surface area contributed by atoms with E-state index in [9.17, 15) is 36.2 Å². The highest BCUT2D eigenvalue weighted by Gasteiger charge is 2.37. The van der Waals surface area contributed by atoms with E-state index in [4.69, 9.17) is 11.6 Å². The van der Waals surface area contributed by atoms with Gasteiger partial charge in [0.05, 0.1) is 16.7 Å². The quantitative estimate of drug-likeness (QED) is 0.257. The van der Waals surface area contributed by atoms with Gasteiger partial charge in [-0.2, -0.15) is 26.3 Å². The van der Waals surface area contributed by atoms with Gasteiger partial charge < -0.3 is 10.0 Å². The number of carbonyl (C=O) groups is 1. The zero-order chi connectivity index (χ0) is 27.5. The van der Waals surface area contributed by atoms with Gasteiger partial charge in [0.1, 0.15) is 5.15 Å². The van der Waals surface area contributed by atoms with Crippen LogP contribution in [-0.4, -0.2) is 34.0 Å². The van der Waals surface area contributed by atoms with Gasteiger partial charge in [0, 0.05) is 25.9 Å². The molecule has 0 aliphatic rings. The maximum Gasteiger partial charge on any atom is 0.416 e. The zero-order valence-electron chi connectivity index (χ0n) is 19.8. The Hall–Kier alpha value is -3.11. The number of aryl methyl sites for hydroxylation is 1. The van der Waals surface area contributed by atoms with Crippen molar-refractivity contribution in [2.24, 2.45) is 5.92 Å². The van der Waals surface area contributed by atoms with Gasteiger partial charge in [0.25, 0.3) is 5.91 Å². The van der Waals surface area contributed by atoms with Crippen LogP contribution in [0.2, 0.25) is 5.15 Å². The van der Waals surface area contributed by atoms with Gasteiger partial charge in [-0.1, -0.05) is 48.4 Å². The summed E-state index contributed by atoms with van der Waals surface area (Å²) in [5.74, 6) is -1.28. The molecule has 0 bridgehead atoms. The summed E-state index contributed by atoms with van der Waals surface area (Å²) in [4.78, 5) is 18.7. The number of hydrogen-bond acceptors (Lipinski definition) is 3. The van der Waals surface area contributed by atoms with E-state index < -0.39 is 41.8 Å². The first-order chi connectivity index (χ1) is 17.2. The molecule has 2 aromatic carbocycles. The minimum atomic E-state index is -5.03. The van der Waals surface area contributed by atoms with Crippen molar-refractivity contribution in [3.63, 3.8) is 0 Å². The summed E-state index contributed by atoms with van der Waals surface area (Å²) in [5, 5.41) is 9.37. The molecule has 3 rings (SSSR count). The maximum atomic E-state index is 13.7. The molecule has 1 heterocycles. The smallest absolute Gasteiger partial charge is 0.396 e. The third-order valence-electron chi connectivity index (χ3n) is 5.63. The number of benzene rings is 2. The Morgan fingerprint density at radius 1 is 1.00 bits per heavy atom. The van der Waals surface area contributed by atoms with Crippen molar-refractivity contribution >= 4 is 17.5 Å². The number of pyridine rings is 1. The summed E-state index contributed by atoms with van der Waals surface area (Å²) >= 11 is 6.29. The van der Waals surface area contributed by atoms with Crippen molar-refractivity contribution in [3.05, 3.63) is 87.7 Å². The molecule has 0 spiro atoms. The van der Waals surface area contributed by atoms with Gasteiger partial charge >= 0.3 is 12.4 Å². The van der Waals surface area contributed by atoms with Gasteiger partial charge in [-0.05, 0) is 53.8 Å². The van der Waals surface area contributed by atoms with E-state index in [0.717, 1.165) is 10.5 Å². The number of aromatic nitrogens is 1. The second-order valence-electron chi connectivity index (χ2n) is 8.78. The predicted molar refractivity (Wildman–Crippen MR) is 127 cm³/mol. The van der Waals surface area contributed by atoms with Crippen molar-refractivity contribution in [1.29, 1.82) is 0 Å². The molecule has 37 heavy (non-hydrogen) atoms. The molecule has 1 unspecified atom stereocenters. The molecule has 0 aliphatic carbocycles. The van der Waals surface area contributed by atoms with E-state index in [-0.39, 0.29) is 35.5 Å². The lowest BCUT2D eigenvalue weighted by molar-refractivity contribution is -0.143. The van der Waals surface area contributed by atoms with E-state index in [0.29, 0.717) is 23.3 Å². The van der Waals surface area contributed by atoms with Crippen LogP contribution < -0.4 is 0 Å². The second-order valence-corrected chi connectivity index (χ2v) is 9.14. The Balaban J connectivity index is 2.11. The molecule has 0 radical (unpaired) electrons. The van der Waals surface area contributed by atoms with Crippen LogP contribution in [0.1, 0.15) is 39.5 Å². The molecule has 1 N–H and O–H groups in total. The summed E-state index contributed by atoms with van der Waals surface area (Å²) in [6, 6.07) is 9.84. The Kier molecular flexibility index (Phi) is 8.54. The fraction of sp³-hybridized carbons (Fsp3) is 0.308. The third-order valence-corrected chi connectivity index (χ3v) is 5.92. The summed E-state index contributed by atoms with van der Waals surface area (Å²) in [6.45, 7) is 2.34. The van der Waals surface area contributed by atoms with Crippen LogP contribution in [0, 0.1) is 12.8 Å². The molecule has 0 fully saturated rings. The number of aliphatic hydroxyl groups is 1. The molecule has 1 amide bonds. The Bertz CT molecular complexity index is 1230. The Labute approximate surface area is 214 Å². The lowest BCUT2D eigenvalue weighted by atomic mass is 9.99. The molecule has 3 aromatic rings. The lowest BCUT2D eigenvalue weighted by Gasteiger charge is -2.27.